The van der Waals surface area contributed by atoms with Crippen LogP contribution >= 0.6 is 11.8 Å². The molecule has 0 saturated heterocycles. The van der Waals surface area contributed by atoms with E-state index in [1.807, 2.05) is 24.8 Å². The summed E-state index contributed by atoms with van der Waals surface area (Å²) in [5.74, 6) is 0.762. The molecule has 8 heteroatoms. The first-order chi connectivity index (χ1) is 13.4. The zero-order chi connectivity index (χ0) is 20.0. The Morgan fingerprint density at radius 3 is 2.36 bits per heavy atom. The number of hydrogen-bond donors (Lipinski definition) is 3. The molecule has 1 fully saturated rings. The molecule has 0 aromatic heterocycles. The third-order valence-electron chi connectivity index (χ3n) is 4.48. The molecule has 4 N–H and O–H groups in total. The SMILES string of the molecule is CCNC(=NCc1ccc(S(N)(=O)=O)cc1)NCC1(Sc2ccccc2)CC1. The van der Waals surface area contributed by atoms with Crippen molar-refractivity contribution < 1.29 is 8.42 Å². The van der Waals surface area contributed by atoms with Crippen molar-refractivity contribution in [3.63, 3.8) is 0 Å². The van der Waals surface area contributed by atoms with Crippen LogP contribution in [-0.2, 0) is 16.6 Å². The number of thioether (sulfide) groups is 1. The van der Waals surface area contributed by atoms with Crippen molar-refractivity contribution in [3.05, 3.63) is 60.2 Å². The zero-order valence-electron chi connectivity index (χ0n) is 15.9. The lowest BCUT2D eigenvalue weighted by Crippen LogP contribution is -2.41. The minimum atomic E-state index is -3.67. The second-order valence-corrected chi connectivity index (χ2v) is 9.94. The van der Waals surface area contributed by atoms with Gasteiger partial charge in [0.2, 0.25) is 10.0 Å². The largest absolute Gasteiger partial charge is 0.357 e. The van der Waals surface area contributed by atoms with Crippen LogP contribution in [0.25, 0.3) is 0 Å². The molecule has 0 radical (unpaired) electrons. The third kappa shape index (κ3) is 5.98. The summed E-state index contributed by atoms with van der Waals surface area (Å²) in [5, 5.41) is 11.9. The second kappa shape index (κ2) is 8.98. The molecule has 0 spiro atoms. The number of hydrogen-bond acceptors (Lipinski definition) is 4. The van der Waals surface area contributed by atoms with Gasteiger partial charge in [-0.3, -0.25) is 0 Å². The summed E-state index contributed by atoms with van der Waals surface area (Å²) in [6.45, 7) is 4.11. The van der Waals surface area contributed by atoms with Crippen LogP contribution in [0.4, 0.5) is 0 Å². The molecular weight excluding hydrogens is 392 g/mol. The summed E-state index contributed by atoms with van der Waals surface area (Å²) in [6.07, 6.45) is 2.38. The minimum Gasteiger partial charge on any atom is -0.357 e. The predicted octanol–water partition coefficient (Wildman–Crippen LogP) is 2.71. The first-order valence-electron chi connectivity index (χ1n) is 9.28. The summed E-state index contributed by atoms with van der Waals surface area (Å²) in [7, 11) is -3.67. The van der Waals surface area contributed by atoms with Crippen molar-refractivity contribution in [2.45, 2.75) is 40.8 Å². The number of aliphatic imine (C=N–C) groups is 1. The van der Waals surface area contributed by atoms with E-state index in [9.17, 15) is 8.42 Å². The van der Waals surface area contributed by atoms with Gasteiger partial charge >= 0.3 is 0 Å². The molecule has 150 valence electrons. The smallest absolute Gasteiger partial charge is 0.238 e. The van der Waals surface area contributed by atoms with E-state index in [-0.39, 0.29) is 9.64 Å². The van der Waals surface area contributed by atoms with Gasteiger partial charge in [-0.15, -0.1) is 11.8 Å². The molecule has 0 unspecified atom stereocenters. The fourth-order valence-electron chi connectivity index (χ4n) is 2.73. The van der Waals surface area contributed by atoms with Gasteiger partial charge in [0.05, 0.1) is 11.4 Å². The molecule has 1 aliphatic rings. The molecule has 0 heterocycles. The van der Waals surface area contributed by atoms with Crippen molar-refractivity contribution in [1.82, 2.24) is 10.6 Å². The standard InChI is InChI=1S/C20H26N4O2S2/c1-2-22-19(23-14-16-8-10-18(11-9-16)28(21,25)26)24-15-20(12-13-20)27-17-6-4-3-5-7-17/h3-11H,2,12-15H2,1H3,(H2,21,25,26)(H2,22,23,24). The van der Waals surface area contributed by atoms with E-state index in [4.69, 9.17) is 5.14 Å². The number of benzene rings is 2. The first-order valence-corrected chi connectivity index (χ1v) is 11.6. The number of primary sulfonamides is 1. The monoisotopic (exact) mass is 418 g/mol. The summed E-state index contributed by atoms with van der Waals surface area (Å²) in [6, 6.07) is 17.0. The van der Waals surface area contributed by atoms with Gasteiger partial charge in [0.1, 0.15) is 0 Å². The van der Waals surface area contributed by atoms with Gasteiger partial charge in [-0.1, -0.05) is 30.3 Å². The van der Waals surface area contributed by atoms with E-state index >= 15 is 0 Å². The predicted molar refractivity (Wildman–Crippen MR) is 115 cm³/mol. The first kappa shape index (κ1) is 20.7. The van der Waals surface area contributed by atoms with Crippen molar-refractivity contribution in [2.75, 3.05) is 13.1 Å². The van der Waals surface area contributed by atoms with Crippen LogP contribution < -0.4 is 15.8 Å². The van der Waals surface area contributed by atoms with E-state index in [1.165, 1.54) is 29.9 Å². The molecule has 1 aliphatic carbocycles. The number of rotatable bonds is 8. The summed E-state index contributed by atoms with van der Waals surface area (Å²) in [4.78, 5) is 6.02. The van der Waals surface area contributed by atoms with Crippen LogP contribution in [0.5, 0.6) is 0 Å². The van der Waals surface area contributed by atoms with E-state index in [0.717, 1.165) is 24.6 Å². The Morgan fingerprint density at radius 2 is 1.79 bits per heavy atom. The van der Waals surface area contributed by atoms with Crippen molar-refractivity contribution in [2.24, 2.45) is 10.1 Å². The molecule has 0 aliphatic heterocycles. The Balaban J connectivity index is 1.58. The molecule has 2 aromatic carbocycles. The summed E-state index contributed by atoms with van der Waals surface area (Å²) >= 11 is 1.92. The highest BCUT2D eigenvalue weighted by Gasteiger charge is 2.43. The van der Waals surface area contributed by atoms with Gasteiger partial charge in [0, 0.05) is 22.7 Å². The highest BCUT2D eigenvalue weighted by molar-refractivity contribution is 8.01. The zero-order valence-corrected chi connectivity index (χ0v) is 17.5. The van der Waals surface area contributed by atoms with Gasteiger partial charge in [0.15, 0.2) is 5.96 Å². The van der Waals surface area contributed by atoms with E-state index < -0.39 is 10.0 Å². The Hall–Kier alpha value is -2.03. The number of nitrogens with two attached hydrogens (primary N) is 1. The topological polar surface area (TPSA) is 96.6 Å². The van der Waals surface area contributed by atoms with Crippen LogP contribution in [0.15, 0.2) is 69.4 Å². The van der Waals surface area contributed by atoms with Crippen LogP contribution in [0.2, 0.25) is 0 Å². The third-order valence-corrected chi connectivity index (χ3v) is 6.90. The van der Waals surface area contributed by atoms with Crippen LogP contribution in [0, 0.1) is 0 Å². The van der Waals surface area contributed by atoms with Gasteiger partial charge in [-0.05, 0) is 49.6 Å². The molecule has 28 heavy (non-hydrogen) atoms. The lowest BCUT2D eigenvalue weighted by Gasteiger charge is -2.18. The van der Waals surface area contributed by atoms with Gasteiger partial charge in [-0.25, -0.2) is 18.5 Å². The molecule has 6 nitrogen and oxygen atoms in total. The second-order valence-electron chi connectivity index (χ2n) is 6.84. The Bertz CT molecular complexity index is 909. The highest BCUT2D eigenvalue weighted by Crippen LogP contribution is 2.51. The quantitative estimate of drug-likeness (QED) is 0.452. The maximum atomic E-state index is 11.3. The molecule has 0 atom stereocenters. The van der Waals surface area contributed by atoms with Gasteiger partial charge in [0.25, 0.3) is 0 Å². The number of sulfonamides is 1. The van der Waals surface area contributed by atoms with Crippen molar-refractivity contribution in [1.29, 1.82) is 0 Å². The van der Waals surface area contributed by atoms with Crippen LogP contribution in [-0.4, -0.2) is 32.2 Å². The summed E-state index contributed by atoms with van der Waals surface area (Å²) < 4.78 is 22.9. The molecule has 0 amide bonds. The Kier molecular flexibility index (Phi) is 6.64. The number of nitrogens with one attached hydrogen (secondary N) is 2. The average Bonchev–Trinajstić information content (AvgIpc) is 3.44. The normalized spacial score (nSPS) is 15.9. The lowest BCUT2D eigenvalue weighted by molar-refractivity contribution is 0.598. The van der Waals surface area contributed by atoms with Crippen LogP contribution in [0.1, 0.15) is 25.3 Å². The van der Waals surface area contributed by atoms with Crippen molar-refractivity contribution >= 4 is 27.7 Å². The highest BCUT2D eigenvalue weighted by atomic mass is 32.2. The minimum absolute atomic E-state index is 0.110. The molecular formula is C20H26N4O2S2. The fourth-order valence-corrected chi connectivity index (χ4v) is 4.49. The number of guanidine groups is 1. The average molecular weight is 419 g/mol. The summed E-state index contributed by atoms with van der Waals surface area (Å²) in [5.41, 5.74) is 0.921. The Labute approximate surface area is 171 Å². The van der Waals surface area contributed by atoms with E-state index in [0.29, 0.717) is 6.54 Å². The fraction of sp³-hybridized carbons (Fsp3) is 0.350. The molecule has 3 rings (SSSR count). The van der Waals surface area contributed by atoms with Crippen molar-refractivity contribution in [3.8, 4) is 0 Å². The molecule has 0 bridgehead atoms. The maximum absolute atomic E-state index is 11.3. The number of nitrogens with zero attached hydrogens (tertiary/aromatic N) is 1. The van der Waals surface area contributed by atoms with E-state index in [1.54, 1.807) is 12.1 Å². The lowest BCUT2D eigenvalue weighted by atomic mass is 10.2. The van der Waals surface area contributed by atoms with E-state index in [2.05, 4.69) is 39.9 Å². The molecule has 1 saturated carbocycles. The Morgan fingerprint density at radius 1 is 1.11 bits per heavy atom. The molecule has 2 aromatic rings. The van der Waals surface area contributed by atoms with Gasteiger partial charge < -0.3 is 10.6 Å². The van der Waals surface area contributed by atoms with Crippen LogP contribution in [0.3, 0.4) is 0 Å². The van der Waals surface area contributed by atoms with Gasteiger partial charge in [-0.2, -0.15) is 0 Å². The maximum Gasteiger partial charge on any atom is 0.238 e.